The van der Waals surface area contributed by atoms with E-state index in [0.29, 0.717) is 17.7 Å². The van der Waals surface area contributed by atoms with Crippen molar-refractivity contribution >= 4 is 24.2 Å². The lowest BCUT2D eigenvalue weighted by molar-refractivity contribution is -0.117. The number of carbonyl (C=O) groups excluding carboxylic acids is 1. The van der Waals surface area contributed by atoms with Crippen molar-refractivity contribution in [3.05, 3.63) is 52.1 Å². The number of amides is 1. The first-order chi connectivity index (χ1) is 10.6. The van der Waals surface area contributed by atoms with Gasteiger partial charge in [-0.25, -0.2) is 0 Å². The Morgan fingerprint density at radius 1 is 1.50 bits per heavy atom. The van der Waals surface area contributed by atoms with Gasteiger partial charge in [0.05, 0.1) is 0 Å². The third-order valence-corrected chi connectivity index (χ3v) is 3.45. The maximum Gasteiger partial charge on any atom is 0.261 e. The summed E-state index contributed by atoms with van der Waals surface area (Å²) in [6, 6.07) is 11.2. The molecule has 2 aromatic rings. The topological polar surface area (TPSA) is 86.5 Å². The highest BCUT2D eigenvalue weighted by atomic mass is 32.1. The fraction of sp³-hybridized carbons (Fsp3) is 0.200. The fourth-order valence-electron chi connectivity index (χ4n) is 1.85. The van der Waals surface area contributed by atoms with Crippen LogP contribution in [0.25, 0.3) is 6.08 Å². The summed E-state index contributed by atoms with van der Waals surface area (Å²) in [5, 5.41) is 18.6. The van der Waals surface area contributed by atoms with Crippen molar-refractivity contribution in [2.45, 2.75) is 6.42 Å². The van der Waals surface area contributed by atoms with Crippen LogP contribution in [0.2, 0.25) is 0 Å². The molecule has 2 rings (SSSR count). The molecule has 6 nitrogen and oxygen atoms in total. The molecule has 0 radical (unpaired) electrons. The SMILES string of the molecule is Cn1c(CCNC(=O)C(C#N)=Cc2ccccc2)n[nH]c1=S. The zero-order valence-electron chi connectivity index (χ0n) is 12.0. The average Bonchev–Trinajstić information content (AvgIpc) is 2.85. The molecule has 7 heteroatoms. The minimum Gasteiger partial charge on any atom is -0.351 e. The molecule has 0 aliphatic rings. The smallest absolute Gasteiger partial charge is 0.261 e. The van der Waals surface area contributed by atoms with E-state index in [1.54, 1.807) is 17.7 Å². The van der Waals surface area contributed by atoms with E-state index >= 15 is 0 Å². The zero-order valence-corrected chi connectivity index (χ0v) is 12.9. The first-order valence-electron chi connectivity index (χ1n) is 6.67. The number of aromatic amines is 1. The molecule has 0 atom stereocenters. The number of nitrogens with zero attached hydrogens (tertiary/aromatic N) is 3. The Labute approximate surface area is 133 Å². The summed E-state index contributed by atoms with van der Waals surface area (Å²) in [7, 11) is 1.80. The summed E-state index contributed by atoms with van der Waals surface area (Å²) in [6.07, 6.45) is 2.09. The van der Waals surface area contributed by atoms with Crippen LogP contribution in [0, 0.1) is 16.1 Å². The second-order valence-corrected chi connectivity index (χ2v) is 4.98. The molecule has 1 aromatic carbocycles. The molecule has 0 saturated carbocycles. The van der Waals surface area contributed by atoms with Crippen molar-refractivity contribution in [2.75, 3.05) is 6.54 Å². The van der Waals surface area contributed by atoms with Crippen LogP contribution in [0.15, 0.2) is 35.9 Å². The van der Waals surface area contributed by atoms with Crippen LogP contribution >= 0.6 is 12.2 Å². The van der Waals surface area contributed by atoms with Gasteiger partial charge in [-0.3, -0.25) is 9.89 Å². The number of benzene rings is 1. The van der Waals surface area contributed by atoms with Crippen molar-refractivity contribution in [2.24, 2.45) is 7.05 Å². The second kappa shape index (κ2) is 7.33. The van der Waals surface area contributed by atoms with E-state index in [9.17, 15) is 4.79 Å². The van der Waals surface area contributed by atoms with Gasteiger partial charge in [0.15, 0.2) is 4.77 Å². The van der Waals surface area contributed by atoms with E-state index in [-0.39, 0.29) is 5.57 Å². The number of hydrogen-bond donors (Lipinski definition) is 2. The Hall–Kier alpha value is -2.72. The van der Waals surface area contributed by atoms with Gasteiger partial charge in [0, 0.05) is 20.0 Å². The van der Waals surface area contributed by atoms with Crippen molar-refractivity contribution < 1.29 is 4.79 Å². The van der Waals surface area contributed by atoms with Gasteiger partial charge < -0.3 is 9.88 Å². The van der Waals surface area contributed by atoms with Gasteiger partial charge in [-0.15, -0.1) is 0 Å². The Morgan fingerprint density at radius 3 is 2.82 bits per heavy atom. The molecule has 0 aliphatic carbocycles. The maximum atomic E-state index is 12.0. The van der Waals surface area contributed by atoms with Crippen LogP contribution in [-0.2, 0) is 18.3 Å². The lowest BCUT2D eigenvalue weighted by Gasteiger charge is -2.04. The van der Waals surface area contributed by atoms with E-state index in [1.807, 2.05) is 36.4 Å². The van der Waals surface area contributed by atoms with Crippen LogP contribution < -0.4 is 5.32 Å². The Bertz CT molecular complexity index is 782. The highest BCUT2D eigenvalue weighted by molar-refractivity contribution is 7.71. The number of carbonyl (C=O) groups is 1. The third kappa shape index (κ3) is 3.90. The first kappa shape index (κ1) is 15.7. The van der Waals surface area contributed by atoms with E-state index < -0.39 is 5.91 Å². The van der Waals surface area contributed by atoms with Crippen molar-refractivity contribution in [1.82, 2.24) is 20.1 Å². The summed E-state index contributed by atoms with van der Waals surface area (Å²) < 4.78 is 2.27. The number of rotatable bonds is 5. The normalized spacial score (nSPS) is 11.0. The highest BCUT2D eigenvalue weighted by Gasteiger charge is 2.09. The molecule has 0 unspecified atom stereocenters. The van der Waals surface area contributed by atoms with Crippen LogP contribution in [-0.4, -0.2) is 27.2 Å². The van der Waals surface area contributed by atoms with Crippen LogP contribution in [0.1, 0.15) is 11.4 Å². The quantitative estimate of drug-likeness (QED) is 0.500. The number of nitrogens with one attached hydrogen (secondary N) is 2. The number of H-pyrrole nitrogens is 1. The molecule has 1 aromatic heterocycles. The van der Waals surface area contributed by atoms with Crippen molar-refractivity contribution in [3.63, 3.8) is 0 Å². The summed E-state index contributed by atoms with van der Waals surface area (Å²) in [6.45, 7) is 0.375. The molecule has 0 aliphatic heterocycles. The molecule has 0 bridgehead atoms. The van der Waals surface area contributed by atoms with E-state index in [2.05, 4.69) is 15.5 Å². The van der Waals surface area contributed by atoms with Crippen LogP contribution in [0.3, 0.4) is 0 Å². The van der Waals surface area contributed by atoms with Crippen LogP contribution in [0.4, 0.5) is 0 Å². The van der Waals surface area contributed by atoms with Gasteiger partial charge in [0.1, 0.15) is 17.5 Å². The molecule has 0 fully saturated rings. The lowest BCUT2D eigenvalue weighted by Crippen LogP contribution is -2.27. The van der Waals surface area contributed by atoms with Crippen molar-refractivity contribution in [1.29, 1.82) is 5.26 Å². The van der Waals surface area contributed by atoms with E-state index in [4.69, 9.17) is 17.5 Å². The zero-order chi connectivity index (χ0) is 15.9. The van der Waals surface area contributed by atoms with E-state index in [0.717, 1.165) is 11.4 Å². The van der Waals surface area contributed by atoms with Crippen LogP contribution in [0.5, 0.6) is 0 Å². The molecule has 0 saturated heterocycles. The largest absolute Gasteiger partial charge is 0.351 e. The van der Waals surface area contributed by atoms with Gasteiger partial charge >= 0.3 is 0 Å². The number of nitriles is 1. The Kier molecular flexibility index (Phi) is 5.22. The summed E-state index contributed by atoms with van der Waals surface area (Å²) in [5.74, 6) is 0.346. The molecule has 1 heterocycles. The van der Waals surface area contributed by atoms with Gasteiger partial charge in [-0.1, -0.05) is 30.3 Å². The van der Waals surface area contributed by atoms with Gasteiger partial charge in [-0.05, 0) is 23.9 Å². The van der Waals surface area contributed by atoms with Gasteiger partial charge in [-0.2, -0.15) is 10.4 Å². The maximum absolute atomic E-state index is 12.0. The number of aromatic nitrogens is 3. The average molecular weight is 313 g/mol. The minimum absolute atomic E-state index is 0.0709. The standard InChI is InChI=1S/C15H15N5OS/c1-20-13(18-19-15(20)22)7-8-17-14(21)12(10-16)9-11-5-3-2-4-6-11/h2-6,9H,7-8H2,1H3,(H,17,21)(H,19,22). The summed E-state index contributed by atoms with van der Waals surface area (Å²) in [5.41, 5.74) is 0.880. The predicted molar refractivity (Wildman–Crippen MR) is 85.1 cm³/mol. The molecule has 1 amide bonds. The molecular weight excluding hydrogens is 298 g/mol. The second-order valence-electron chi connectivity index (χ2n) is 4.59. The lowest BCUT2D eigenvalue weighted by atomic mass is 10.1. The molecule has 22 heavy (non-hydrogen) atoms. The van der Waals surface area contributed by atoms with Gasteiger partial charge in [0.2, 0.25) is 0 Å². The molecule has 2 N–H and O–H groups in total. The predicted octanol–water partition coefficient (Wildman–Crippen LogP) is 1.74. The van der Waals surface area contributed by atoms with E-state index in [1.165, 1.54) is 0 Å². The Balaban J connectivity index is 1.96. The molecule has 112 valence electrons. The highest BCUT2D eigenvalue weighted by Crippen LogP contribution is 2.06. The minimum atomic E-state index is -0.400. The number of hydrogen-bond acceptors (Lipinski definition) is 4. The molecule has 0 spiro atoms. The monoisotopic (exact) mass is 313 g/mol. The third-order valence-electron chi connectivity index (χ3n) is 3.08. The summed E-state index contributed by atoms with van der Waals surface area (Å²) in [4.78, 5) is 12.0. The fourth-order valence-corrected chi connectivity index (χ4v) is 2.00. The summed E-state index contributed by atoms with van der Waals surface area (Å²) >= 11 is 5.01. The van der Waals surface area contributed by atoms with Crippen molar-refractivity contribution in [3.8, 4) is 6.07 Å². The Morgan fingerprint density at radius 2 is 2.23 bits per heavy atom. The molecular formula is C15H15N5OS. The first-order valence-corrected chi connectivity index (χ1v) is 7.08. The van der Waals surface area contributed by atoms with Gasteiger partial charge in [0.25, 0.3) is 5.91 Å².